The zero-order valence-corrected chi connectivity index (χ0v) is 11.6. The normalized spacial score (nSPS) is 1.47. The molecular weight excluding hydrogens is 294 g/mol. The summed E-state index contributed by atoms with van der Waals surface area (Å²) < 4.78 is 17.0. The first-order chi connectivity index (χ1) is 1.73. The second-order valence-electron chi connectivity index (χ2n) is 0.224. The van der Waals surface area contributed by atoms with E-state index in [1.54, 1.807) is 0 Å². The Morgan fingerprint density at radius 3 is 0.471 bits per heavy atom. The molecule has 0 aliphatic carbocycles. The molecule has 0 saturated heterocycles. The SMILES string of the molecule is O.O.O.O.O.O.O.O.O.O.O.O.O=P(=O)[O-].[Na+]. The molecule has 0 heterocycles. The van der Waals surface area contributed by atoms with Crippen LogP contribution in [0.4, 0.5) is 0 Å². The van der Waals surface area contributed by atoms with Crippen LogP contribution in [0.15, 0.2) is 0 Å². The molecule has 17 heavy (non-hydrogen) atoms. The summed E-state index contributed by atoms with van der Waals surface area (Å²) in [6.45, 7) is 0. The third kappa shape index (κ3) is 23500. The van der Waals surface area contributed by atoms with Crippen LogP contribution in [-0.2, 0) is 9.13 Å². The average molecular weight is 318 g/mol. The van der Waals surface area contributed by atoms with Crippen LogP contribution in [0.1, 0.15) is 0 Å². The fourth-order valence-electron chi connectivity index (χ4n) is 0. The van der Waals surface area contributed by atoms with Crippen molar-refractivity contribution in [2.24, 2.45) is 0 Å². The Morgan fingerprint density at radius 1 is 0.471 bits per heavy atom. The van der Waals surface area contributed by atoms with E-state index < -0.39 is 7.91 Å². The maximum absolute atomic E-state index is 8.48. The van der Waals surface area contributed by atoms with Crippen molar-refractivity contribution < 1.29 is 109 Å². The predicted octanol–water partition coefficient (Wildman–Crippen LogP) is -13.5. The van der Waals surface area contributed by atoms with E-state index in [-0.39, 0.29) is 95.3 Å². The molecule has 0 aromatic heterocycles. The van der Waals surface area contributed by atoms with E-state index in [9.17, 15) is 0 Å². The minimum Gasteiger partial charge on any atom is -0.744 e. The van der Waals surface area contributed by atoms with Crippen LogP contribution in [0.5, 0.6) is 0 Å². The predicted molar refractivity (Wildman–Crippen MR) is 51.7 cm³/mol. The second kappa shape index (κ2) is 339. The Hall–Kier alpha value is 0.380. The van der Waals surface area contributed by atoms with E-state index in [1.807, 2.05) is 0 Å². The molecule has 120 valence electrons. The third-order valence-corrected chi connectivity index (χ3v) is 0. The molecule has 0 atom stereocenters. The molecule has 0 rings (SSSR count). The van der Waals surface area contributed by atoms with Gasteiger partial charge in [-0.1, -0.05) is 0 Å². The molecule has 0 aromatic rings. The molecule has 0 fully saturated rings. The smallest absolute Gasteiger partial charge is 0.744 e. The van der Waals surface area contributed by atoms with Gasteiger partial charge in [-0.3, -0.25) is 9.13 Å². The fourth-order valence-corrected chi connectivity index (χ4v) is 0. The Bertz CT molecular complexity index is 59.3. The topological polar surface area (TPSA) is 435 Å². The van der Waals surface area contributed by atoms with Gasteiger partial charge in [0.1, 0.15) is 0 Å². The largest absolute Gasteiger partial charge is 1.00 e. The first kappa shape index (κ1) is 408. The van der Waals surface area contributed by atoms with Crippen LogP contribution < -0.4 is 34.5 Å². The third-order valence-electron chi connectivity index (χ3n) is 0. The van der Waals surface area contributed by atoms with E-state index in [0.717, 1.165) is 0 Å². The van der Waals surface area contributed by atoms with Gasteiger partial charge in [0.2, 0.25) is 7.91 Å². The van der Waals surface area contributed by atoms with Crippen molar-refractivity contribution in [2.75, 3.05) is 0 Å². The molecule has 15 nitrogen and oxygen atoms in total. The standard InChI is InChI=1S/Na.HO3P.12H2O/c;1-4(2)3;;;;;;;;;;;;/h;(H,1,2,3);12*1H2/q+1;;;;;;;;;;;;;/p-1. The molecule has 17 heteroatoms. The first-order valence-electron chi connectivity index (χ1n) is 0.548. The van der Waals surface area contributed by atoms with Gasteiger partial charge in [-0.05, 0) is 0 Å². The van der Waals surface area contributed by atoms with Gasteiger partial charge in [0.25, 0.3) is 0 Å². The fraction of sp³-hybridized carbons (Fsp3) is 0. The molecule has 0 saturated carbocycles. The van der Waals surface area contributed by atoms with Crippen LogP contribution in [0.2, 0.25) is 0 Å². The summed E-state index contributed by atoms with van der Waals surface area (Å²) in [5.41, 5.74) is 0. The molecule has 0 spiro atoms. The molecule has 0 aliphatic heterocycles. The average Bonchev–Trinajstić information content (AvgIpc) is 0.811. The van der Waals surface area contributed by atoms with Gasteiger partial charge >= 0.3 is 29.6 Å². The molecule has 0 aromatic carbocycles. The van der Waals surface area contributed by atoms with E-state index in [1.165, 1.54) is 0 Å². The van der Waals surface area contributed by atoms with Crippen LogP contribution in [-0.4, -0.2) is 65.7 Å². The summed E-state index contributed by atoms with van der Waals surface area (Å²) in [6, 6.07) is 0. The van der Waals surface area contributed by atoms with Gasteiger partial charge in [0.15, 0.2) is 0 Å². The molecule has 0 radical (unpaired) electrons. The number of rotatable bonds is 0. The van der Waals surface area contributed by atoms with Crippen LogP contribution >= 0.6 is 7.91 Å². The maximum atomic E-state index is 8.48. The van der Waals surface area contributed by atoms with Gasteiger partial charge in [-0.2, -0.15) is 0 Å². The monoisotopic (exact) mass is 318 g/mol. The summed E-state index contributed by atoms with van der Waals surface area (Å²) in [7, 11) is -3.37. The maximum Gasteiger partial charge on any atom is 1.00 e. The Kier molecular flexibility index (Phi) is 8140. The van der Waals surface area contributed by atoms with Gasteiger partial charge in [0, 0.05) is 0 Å². The number of hydrogen-bond donors (Lipinski definition) is 0. The Balaban J connectivity index is -0.000000000577. The molecule has 0 unspecified atom stereocenters. The van der Waals surface area contributed by atoms with Crippen molar-refractivity contribution in [1.82, 2.24) is 0 Å². The summed E-state index contributed by atoms with van der Waals surface area (Å²) in [5.74, 6) is 0. The van der Waals surface area contributed by atoms with Crippen LogP contribution in [0.3, 0.4) is 0 Å². The zero-order valence-electron chi connectivity index (χ0n) is 8.67. The Labute approximate surface area is 117 Å². The molecular formula is H24NaO15P. The van der Waals surface area contributed by atoms with Crippen LogP contribution in [0.25, 0.3) is 0 Å². The van der Waals surface area contributed by atoms with Crippen molar-refractivity contribution in [3.8, 4) is 0 Å². The van der Waals surface area contributed by atoms with E-state index in [4.69, 9.17) is 14.0 Å². The molecule has 0 aliphatic rings. The summed E-state index contributed by atoms with van der Waals surface area (Å²) >= 11 is 0. The summed E-state index contributed by atoms with van der Waals surface area (Å²) in [5, 5.41) is 0. The minimum atomic E-state index is -3.37. The molecule has 0 amide bonds. The van der Waals surface area contributed by atoms with Crippen LogP contribution in [0, 0.1) is 0 Å². The van der Waals surface area contributed by atoms with E-state index in [2.05, 4.69) is 0 Å². The van der Waals surface area contributed by atoms with Crippen molar-refractivity contribution in [3.63, 3.8) is 0 Å². The van der Waals surface area contributed by atoms with Gasteiger partial charge in [-0.25, -0.2) is 0 Å². The van der Waals surface area contributed by atoms with E-state index in [0.29, 0.717) is 0 Å². The van der Waals surface area contributed by atoms with Crippen molar-refractivity contribution in [3.05, 3.63) is 0 Å². The quantitative estimate of drug-likeness (QED) is 0.310. The molecule has 0 bridgehead atoms. The second-order valence-corrected chi connectivity index (χ2v) is 0.671. The van der Waals surface area contributed by atoms with E-state index >= 15 is 0 Å². The summed E-state index contributed by atoms with van der Waals surface area (Å²) in [6.07, 6.45) is 0. The zero-order chi connectivity index (χ0) is 3.58. The summed E-state index contributed by atoms with van der Waals surface area (Å²) in [4.78, 5) is 8.48. The Morgan fingerprint density at radius 2 is 0.471 bits per heavy atom. The molecule has 24 N–H and O–H groups in total. The first-order valence-corrected chi connectivity index (χ1v) is 1.64. The van der Waals surface area contributed by atoms with Gasteiger partial charge < -0.3 is 70.6 Å². The van der Waals surface area contributed by atoms with Crippen molar-refractivity contribution in [1.29, 1.82) is 0 Å². The minimum absolute atomic E-state index is 0. The van der Waals surface area contributed by atoms with Gasteiger partial charge in [0.05, 0.1) is 0 Å². The number of hydrogen-bond acceptors (Lipinski definition) is 3. The van der Waals surface area contributed by atoms with Crippen molar-refractivity contribution in [2.45, 2.75) is 0 Å². The van der Waals surface area contributed by atoms with Crippen molar-refractivity contribution >= 4 is 7.91 Å². The van der Waals surface area contributed by atoms with Gasteiger partial charge in [-0.15, -0.1) is 0 Å².